The van der Waals surface area contributed by atoms with Crippen molar-refractivity contribution in [3.05, 3.63) is 55.7 Å². The Hall–Kier alpha value is -2.07. The van der Waals surface area contributed by atoms with Crippen molar-refractivity contribution >= 4 is 33.3 Å². The molecule has 0 spiro atoms. The number of pyridine rings is 2. The van der Waals surface area contributed by atoms with E-state index < -0.39 is 0 Å². The van der Waals surface area contributed by atoms with E-state index in [1.54, 1.807) is 10.6 Å². The fourth-order valence-corrected chi connectivity index (χ4v) is 2.97. The average Bonchev–Trinajstić information content (AvgIpc) is 2.42. The summed E-state index contributed by atoms with van der Waals surface area (Å²) in [5.74, 6) is 0. The quantitative estimate of drug-likeness (QED) is 0.701. The smallest absolute Gasteiger partial charge is 0.259 e. The summed E-state index contributed by atoms with van der Waals surface area (Å²) in [6.07, 6.45) is 1.82. The van der Waals surface area contributed by atoms with E-state index >= 15 is 0 Å². The second-order valence-electron chi connectivity index (χ2n) is 5.46. The van der Waals surface area contributed by atoms with Gasteiger partial charge in [-0.25, -0.2) is 0 Å². The maximum atomic E-state index is 12.8. The molecule has 108 valence electrons. The van der Waals surface area contributed by atoms with Crippen molar-refractivity contribution in [3.8, 4) is 0 Å². The van der Waals surface area contributed by atoms with Crippen LogP contribution in [0.25, 0.3) is 21.7 Å². The highest BCUT2D eigenvalue weighted by Gasteiger charge is 2.15. The number of H-pyrrole nitrogens is 1. The van der Waals surface area contributed by atoms with Gasteiger partial charge in [0.25, 0.3) is 5.56 Å². The van der Waals surface area contributed by atoms with Gasteiger partial charge in [-0.2, -0.15) is 0 Å². The molecular weight excluding hydrogens is 288 g/mol. The Kier molecular flexibility index (Phi) is 3.14. The van der Waals surface area contributed by atoms with E-state index in [1.165, 1.54) is 6.07 Å². The molecule has 0 amide bonds. The van der Waals surface area contributed by atoms with E-state index in [-0.39, 0.29) is 22.1 Å². The Bertz CT molecular complexity index is 983. The summed E-state index contributed by atoms with van der Waals surface area (Å²) in [7, 11) is 0. The Balaban J connectivity index is 2.73. The predicted octanol–water partition coefficient (Wildman–Crippen LogP) is 3.39. The molecule has 0 unspecified atom stereocenters. The lowest BCUT2D eigenvalue weighted by Crippen LogP contribution is -2.24. The summed E-state index contributed by atoms with van der Waals surface area (Å²) < 4.78 is 1.72. The minimum Gasteiger partial charge on any atom is -0.364 e. The van der Waals surface area contributed by atoms with Gasteiger partial charge in [0.15, 0.2) is 5.43 Å². The van der Waals surface area contributed by atoms with Crippen LogP contribution < -0.4 is 11.0 Å². The normalized spacial score (nSPS) is 11.7. The molecule has 5 heteroatoms. The molecule has 1 N–H and O–H groups in total. The molecule has 0 atom stereocenters. The number of fused-ring (bicyclic) bond motifs is 3. The molecule has 4 nitrogen and oxygen atoms in total. The van der Waals surface area contributed by atoms with Crippen LogP contribution in [-0.4, -0.2) is 9.55 Å². The zero-order valence-corrected chi connectivity index (χ0v) is 12.8. The third-order valence-corrected chi connectivity index (χ3v) is 4.02. The van der Waals surface area contributed by atoms with Crippen LogP contribution in [0.2, 0.25) is 5.02 Å². The molecular formula is C16H15ClN2O2. The highest BCUT2D eigenvalue weighted by Crippen LogP contribution is 2.26. The van der Waals surface area contributed by atoms with Gasteiger partial charge in [0.2, 0.25) is 0 Å². The van der Waals surface area contributed by atoms with Crippen LogP contribution in [0.1, 0.15) is 25.6 Å². The first-order valence-corrected chi connectivity index (χ1v) is 7.15. The van der Waals surface area contributed by atoms with Crippen molar-refractivity contribution in [2.45, 2.75) is 26.8 Å². The first-order chi connectivity index (χ1) is 9.91. The topological polar surface area (TPSA) is 54.9 Å². The van der Waals surface area contributed by atoms with Crippen molar-refractivity contribution in [2.24, 2.45) is 0 Å². The second kappa shape index (κ2) is 4.74. The molecule has 0 aliphatic heterocycles. The van der Waals surface area contributed by atoms with Gasteiger partial charge in [-0.1, -0.05) is 11.6 Å². The lowest BCUT2D eigenvalue weighted by molar-refractivity contribution is 0.602. The Labute approximate surface area is 126 Å². The van der Waals surface area contributed by atoms with E-state index in [1.807, 2.05) is 33.0 Å². The van der Waals surface area contributed by atoms with Gasteiger partial charge < -0.3 is 9.55 Å². The average molecular weight is 303 g/mol. The summed E-state index contributed by atoms with van der Waals surface area (Å²) in [5, 5.41) is 2.18. The van der Waals surface area contributed by atoms with Gasteiger partial charge >= 0.3 is 0 Å². The number of halogens is 1. The first kappa shape index (κ1) is 13.9. The van der Waals surface area contributed by atoms with Crippen LogP contribution in [0, 0.1) is 6.92 Å². The van der Waals surface area contributed by atoms with E-state index in [4.69, 9.17) is 11.6 Å². The van der Waals surface area contributed by atoms with Crippen molar-refractivity contribution in [1.82, 2.24) is 9.55 Å². The number of hydrogen-bond donors (Lipinski definition) is 1. The number of aromatic amines is 1. The molecule has 0 bridgehead atoms. The van der Waals surface area contributed by atoms with Crippen LogP contribution in [-0.2, 0) is 0 Å². The van der Waals surface area contributed by atoms with Crippen LogP contribution in [0.5, 0.6) is 0 Å². The number of benzene rings is 1. The Morgan fingerprint density at radius 3 is 2.52 bits per heavy atom. The van der Waals surface area contributed by atoms with Crippen molar-refractivity contribution in [1.29, 1.82) is 0 Å². The lowest BCUT2D eigenvalue weighted by Gasteiger charge is -2.17. The number of aryl methyl sites for hydroxylation is 1. The molecule has 3 aromatic rings. The molecule has 0 aliphatic carbocycles. The Morgan fingerprint density at radius 1 is 1.14 bits per heavy atom. The maximum absolute atomic E-state index is 12.8. The monoisotopic (exact) mass is 302 g/mol. The second-order valence-corrected chi connectivity index (χ2v) is 5.87. The number of hydrogen-bond acceptors (Lipinski definition) is 2. The molecule has 0 fully saturated rings. The molecule has 0 saturated carbocycles. The minimum atomic E-state index is -0.324. The molecule has 3 rings (SSSR count). The van der Waals surface area contributed by atoms with Crippen LogP contribution in [0.3, 0.4) is 0 Å². The number of nitrogens with one attached hydrogen (secondary N) is 1. The van der Waals surface area contributed by atoms with Crippen LogP contribution in [0.4, 0.5) is 0 Å². The SMILES string of the molecule is Cc1[nH]ccc2c3cc(Cl)c(=O)cc3c(=O)n(C(C)C)c12. The van der Waals surface area contributed by atoms with Gasteiger partial charge in [0, 0.05) is 29.4 Å². The fourth-order valence-electron chi connectivity index (χ4n) is 2.80. The molecule has 2 heterocycles. The maximum Gasteiger partial charge on any atom is 0.259 e. The van der Waals surface area contributed by atoms with Gasteiger partial charge in [0.1, 0.15) is 0 Å². The summed E-state index contributed by atoms with van der Waals surface area (Å²) in [6, 6.07) is 4.82. The van der Waals surface area contributed by atoms with Crippen LogP contribution >= 0.6 is 11.6 Å². The summed E-state index contributed by atoms with van der Waals surface area (Å²) in [5.41, 5.74) is 1.27. The highest BCUT2D eigenvalue weighted by atomic mass is 35.5. The number of aromatic nitrogens is 2. The van der Waals surface area contributed by atoms with Crippen molar-refractivity contribution in [2.75, 3.05) is 0 Å². The molecule has 1 aromatic carbocycles. The lowest BCUT2D eigenvalue weighted by atomic mass is 10.1. The molecule has 0 radical (unpaired) electrons. The van der Waals surface area contributed by atoms with Gasteiger partial charge in [-0.05, 0) is 38.3 Å². The molecule has 2 aromatic heterocycles. The summed E-state index contributed by atoms with van der Waals surface area (Å²) >= 11 is 5.95. The Morgan fingerprint density at radius 2 is 1.86 bits per heavy atom. The third-order valence-electron chi connectivity index (χ3n) is 3.73. The predicted molar refractivity (Wildman–Crippen MR) is 86.5 cm³/mol. The van der Waals surface area contributed by atoms with E-state index in [9.17, 15) is 9.59 Å². The summed E-state index contributed by atoms with van der Waals surface area (Å²) in [4.78, 5) is 27.7. The van der Waals surface area contributed by atoms with Gasteiger partial charge in [-0.15, -0.1) is 0 Å². The molecule has 0 saturated heterocycles. The van der Waals surface area contributed by atoms with Crippen molar-refractivity contribution < 1.29 is 0 Å². The van der Waals surface area contributed by atoms with E-state index in [0.29, 0.717) is 10.8 Å². The largest absolute Gasteiger partial charge is 0.364 e. The minimum absolute atomic E-state index is 0.00956. The van der Waals surface area contributed by atoms with Crippen molar-refractivity contribution in [3.63, 3.8) is 0 Å². The standard InChI is InChI=1S/C16H15ClN2O2/c1-8(2)19-15-9(3)18-5-4-10(15)11-6-13(17)14(20)7-12(11)16(19)21/h4-8,18H,1-3H3. The van der Waals surface area contributed by atoms with E-state index in [2.05, 4.69) is 4.98 Å². The zero-order chi connectivity index (χ0) is 15.3. The first-order valence-electron chi connectivity index (χ1n) is 6.77. The zero-order valence-electron chi connectivity index (χ0n) is 12.0. The van der Waals surface area contributed by atoms with E-state index in [0.717, 1.165) is 16.6 Å². The van der Waals surface area contributed by atoms with Gasteiger partial charge in [-0.3, -0.25) is 9.59 Å². The summed E-state index contributed by atoms with van der Waals surface area (Å²) in [6.45, 7) is 5.83. The third kappa shape index (κ3) is 1.98. The number of nitrogens with zero attached hydrogens (tertiary/aromatic N) is 1. The molecule has 21 heavy (non-hydrogen) atoms. The molecule has 0 aliphatic rings. The van der Waals surface area contributed by atoms with Gasteiger partial charge in [0.05, 0.1) is 15.9 Å². The van der Waals surface area contributed by atoms with Crippen LogP contribution in [0.15, 0.2) is 34.0 Å². The highest BCUT2D eigenvalue weighted by molar-refractivity contribution is 6.31. The fraction of sp³-hybridized carbons (Fsp3) is 0.250. The number of rotatable bonds is 1.